The minimum absolute atomic E-state index is 0.186. The van der Waals surface area contributed by atoms with Gasteiger partial charge in [0.2, 0.25) is 0 Å². The number of amides is 4. The van der Waals surface area contributed by atoms with Gasteiger partial charge in [-0.1, -0.05) is 42.5 Å². The number of likely N-dealkylation sites (N-methyl/N-ethyl adjacent to an activating group) is 1. The zero-order chi connectivity index (χ0) is 22.7. The fourth-order valence-corrected chi connectivity index (χ4v) is 4.06. The minimum atomic E-state index is -0.673. The number of carbonyl (C=O) groups excluding carboxylic acids is 3. The zero-order valence-corrected chi connectivity index (χ0v) is 18.1. The van der Waals surface area contributed by atoms with Crippen LogP contribution in [-0.2, 0) is 22.6 Å². The molecule has 0 bridgehead atoms. The molecular weight excluding hydrogens is 408 g/mol. The van der Waals surface area contributed by atoms with Gasteiger partial charge >= 0.3 is 6.03 Å². The number of rotatable bonds is 7. The van der Waals surface area contributed by atoms with Crippen molar-refractivity contribution in [2.45, 2.75) is 25.0 Å². The lowest BCUT2D eigenvalue weighted by Gasteiger charge is -2.37. The van der Waals surface area contributed by atoms with E-state index in [9.17, 15) is 14.4 Å². The van der Waals surface area contributed by atoms with Gasteiger partial charge < -0.3 is 20.3 Å². The van der Waals surface area contributed by atoms with E-state index < -0.39 is 18.1 Å². The Hall–Kier alpha value is -3.81. The molecule has 2 aromatic carbocycles. The van der Waals surface area contributed by atoms with Gasteiger partial charge in [0.15, 0.2) is 0 Å². The molecule has 8 heteroatoms. The summed E-state index contributed by atoms with van der Waals surface area (Å²) in [4.78, 5) is 41.5. The summed E-state index contributed by atoms with van der Waals surface area (Å²) in [6, 6.07) is 15.2. The van der Waals surface area contributed by atoms with E-state index in [2.05, 4.69) is 10.6 Å². The second-order valence-electron chi connectivity index (χ2n) is 7.89. The number of fused-ring (bicyclic) bond motifs is 1. The molecule has 0 aliphatic carbocycles. The molecule has 32 heavy (non-hydrogen) atoms. The summed E-state index contributed by atoms with van der Waals surface area (Å²) >= 11 is 0. The smallest absolute Gasteiger partial charge is 0.325 e. The maximum absolute atomic E-state index is 13.1. The average Bonchev–Trinajstić information content (AvgIpc) is 3.14. The van der Waals surface area contributed by atoms with E-state index in [-0.39, 0.29) is 18.4 Å². The predicted octanol–water partition coefficient (Wildman–Crippen LogP) is 1.67. The lowest BCUT2D eigenvalue weighted by molar-refractivity contribution is -0.135. The fourth-order valence-electron chi connectivity index (χ4n) is 4.06. The van der Waals surface area contributed by atoms with Gasteiger partial charge in [0, 0.05) is 19.8 Å². The molecule has 2 heterocycles. The number of hydrogen-bond acceptors (Lipinski definition) is 5. The van der Waals surface area contributed by atoms with Crippen molar-refractivity contribution in [3.8, 4) is 5.75 Å². The minimum Gasteiger partial charge on any atom is -0.497 e. The molecule has 1 fully saturated rings. The Morgan fingerprint density at radius 3 is 2.47 bits per heavy atom. The molecule has 2 aliphatic heterocycles. The number of hydrogen-bond donors (Lipinski definition) is 2. The molecule has 2 N–H and O–H groups in total. The maximum Gasteiger partial charge on any atom is 0.325 e. The van der Waals surface area contributed by atoms with Crippen molar-refractivity contribution in [3.05, 3.63) is 77.5 Å². The van der Waals surface area contributed by atoms with E-state index in [0.29, 0.717) is 18.5 Å². The summed E-state index contributed by atoms with van der Waals surface area (Å²) in [6.07, 6.45) is 2.30. The standard InChI is InChI=1S/C24H26N4O4/c1-27-15-19(22(29)25-13-12-16-8-10-18(32-2)11-9-16)20-21(27)23(30)28(24(31)26-20)14-17-6-4-3-5-7-17/h3-11,15,20-21H,12-14H2,1-2H3,(H,25,29)(H,26,31). The van der Waals surface area contributed by atoms with Crippen molar-refractivity contribution in [1.29, 1.82) is 0 Å². The van der Waals surface area contributed by atoms with Crippen molar-refractivity contribution in [3.63, 3.8) is 0 Å². The third kappa shape index (κ3) is 4.30. The van der Waals surface area contributed by atoms with Gasteiger partial charge in [-0.2, -0.15) is 0 Å². The van der Waals surface area contributed by atoms with Crippen LogP contribution in [0.4, 0.5) is 4.79 Å². The highest BCUT2D eigenvalue weighted by atomic mass is 16.5. The third-order valence-electron chi connectivity index (χ3n) is 5.78. The van der Waals surface area contributed by atoms with Crippen LogP contribution in [0.2, 0.25) is 0 Å². The van der Waals surface area contributed by atoms with Gasteiger partial charge in [0.1, 0.15) is 11.8 Å². The number of urea groups is 1. The molecule has 2 atom stereocenters. The number of imide groups is 1. The van der Waals surface area contributed by atoms with Crippen LogP contribution in [0.1, 0.15) is 11.1 Å². The summed E-state index contributed by atoms with van der Waals surface area (Å²) in [7, 11) is 3.36. The van der Waals surface area contributed by atoms with Crippen LogP contribution in [0.15, 0.2) is 66.4 Å². The summed E-state index contributed by atoms with van der Waals surface area (Å²) in [5.41, 5.74) is 2.31. The summed E-state index contributed by atoms with van der Waals surface area (Å²) < 4.78 is 5.15. The van der Waals surface area contributed by atoms with Crippen LogP contribution in [0.25, 0.3) is 0 Å². The molecule has 0 aromatic heterocycles. The molecule has 2 unspecified atom stereocenters. The van der Waals surface area contributed by atoms with Gasteiger partial charge in [-0.05, 0) is 29.7 Å². The Morgan fingerprint density at radius 2 is 1.78 bits per heavy atom. The summed E-state index contributed by atoms with van der Waals surface area (Å²) in [6.45, 7) is 0.623. The monoisotopic (exact) mass is 434 g/mol. The normalized spacial score (nSPS) is 19.9. The maximum atomic E-state index is 13.1. The number of nitrogens with zero attached hydrogens (tertiary/aromatic N) is 2. The van der Waals surface area contributed by atoms with Crippen LogP contribution in [0.5, 0.6) is 5.75 Å². The van der Waals surface area contributed by atoms with Crippen molar-refractivity contribution in [2.75, 3.05) is 20.7 Å². The van der Waals surface area contributed by atoms with E-state index in [1.54, 1.807) is 25.3 Å². The molecule has 0 saturated carbocycles. The third-order valence-corrected chi connectivity index (χ3v) is 5.78. The van der Waals surface area contributed by atoms with Crippen LogP contribution >= 0.6 is 0 Å². The number of methoxy groups -OCH3 is 1. The number of carbonyl (C=O) groups is 3. The largest absolute Gasteiger partial charge is 0.497 e. The first kappa shape index (κ1) is 21.4. The first-order chi connectivity index (χ1) is 15.5. The molecular formula is C24H26N4O4. The summed E-state index contributed by atoms with van der Waals surface area (Å²) in [5.74, 6) is 0.173. The first-order valence-corrected chi connectivity index (χ1v) is 10.5. The quantitative estimate of drug-likeness (QED) is 0.692. The van der Waals surface area contributed by atoms with Gasteiger partial charge in [-0.3, -0.25) is 14.5 Å². The molecule has 0 radical (unpaired) electrons. The molecule has 4 rings (SSSR count). The van der Waals surface area contributed by atoms with Crippen molar-refractivity contribution in [2.24, 2.45) is 0 Å². The van der Waals surface area contributed by atoms with Crippen molar-refractivity contribution < 1.29 is 19.1 Å². The van der Waals surface area contributed by atoms with Gasteiger partial charge in [0.25, 0.3) is 11.8 Å². The molecule has 0 spiro atoms. The fraction of sp³-hybridized carbons (Fsp3) is 0.292. The van der Waals surface area contributed by atoms with Gasteiger partial charge in [-0.25, -0.2) is 4.79 Å². The molecule has 1 saturated heterocycles. The highest BCUT2D eigenvalue weighted by Gasteiger charge is 2.49. The first-order valence-electron chi connectivity index (χ1n) is 10.5. The van der Waals surface area contributed by atoms with E-state index in [1.165, 1.54) is 4.90 Å². The van der Waals surface area contributed by atoms with E-state index in [0.717, 1.165) is 16.9 Å². The Balaban J connectivity index is 1.38. The average molecular weight is 434 g/mol. The van der Waals surface area contributed by atoms with E-state index in [1.807, 2.05) is 54.6 Å². The zero-order valence-electron chi connectivity index (χ0n) is 18.1. The topological polar surface area (TPSA) is 91.0 Å². The van der Waals surface area contributed by atoms with Crippen LogP contribution < -0.4 is 15.4 Å². The molecule has 2 aliphatic rings. The van der Waals surface area contributed by atoms with Gasteiger partial charge in [-0.15, -0.1) is 0 Å². The number of benzene rings is 2. The van der Waals surface area contributed by atoms with Crippen LogP contribution in [0, 0.1) is 0 Å². The lowest BCUT2D eigenvalue weighted by Crippen LogP contribution is -2.64. The van der Waals surface area contributed by atoms with Crippen molar-refractivity contribution in [1.82, 2.24) is 20.4 Å². The van der Waals surface area contributed by atoms with Crippen molar-refractivity contribution >= 4 is 17.8 Å². The highest BCUT2D eigenvalue weighted by molar-refractivity contribution is 6.05. The number of ether oxygens (including phenoxy) is 1. The number of nitrogens with one attached hydrogen (secondary N) is 2. The second kappa shape index (κ2) is 9.13. The highest BCUT2D eigenvalue weighted by Crippen LogP contribution is 2.27. The van der Waals surface area contributed by atoms with E-state index >= 15 is 0 Å². The Labute approximate surface area is 186 Å². The Morgan fingerprint density at radius 1 is 1.06 bits per heavy atom. The Bertz CT molecular complexity index is 1040. The van der Waals surface area contributed by atoms with Crippen LogP contribution in [-0.4, -0.2) is 60.4 Å². The molecule has 2 aromatic rings. The second-order valence-corrected chi connectivity index (χ2v) is 7.89. The summed E-state index contributed by atoms with van der Waals surface area (Å²) in [5, 5.41) is 5.74. The van der Waals surface area contributed by atoms with Crippen LogP contribution in [0.3, 0.4) is 0 Å². The van der Waals surface area contributed by atoms with Gasteiger partial charge in [0.05, 0.1) is 25.3 Å². The Kier molecular flexibility index (Phi) is 6.11. The molecule has 8 nitrogen and oxygen atoms in total. The predicted molar refractivity (Wildman–Crippen MR) is 119 cm³/mol. The molecule has 166 valence electrons. The molecule has 4 amide bonds. The lowest BCUT2D eigenvalue weighted by atomic mass is 9.99. The SMILES string of the molecule is COc1ccc(CCNC(=O)C2=CN(C)C3C(=O)N(Cc4ccccc4)C(=O)NC23)cc1. The van der Waals surface area contributed by atoms with E-state index in [4.69, 9.17) is 4.74 Å².